The molecule has 1 N–H and O–H groups in total. The third-order valence-electron chi connectivity index (χ3n) is 1.78. The fourth-order valence-electron chi connectivity index (χ4n) is 0.744. The molecule has 0 aliphatic rings. The monoisotopic (exact) mass is 154 g/mol. The summed E-state index contributed by atoms with van der Waals surface area (Å²) in [5.74, 6) is -0.848. The molecule has 0 aliphatic heterocycles. The lowest BCUT2D eigenvalue weighted by Crippen LogP contribution is -2.27. The van der Waals surface area contributed by atoms with Crippen LogP contribution in [0.3, 0.4) is 0 Å². The Kier molecular flexibility index (Phi) is 1.72. The molecule has 0 saturated carbocycles. The SMILES string of the molecule is CC(C)(C(=O)O)c1ccoc1. The van der Waals surface area contributed by atoms with E-state index in [-0.39, 0.29) is 0 Å². The number of hydrogen-bond donors (Lipinski definition) is 1. The Labute approximate surface area is 64.6 Å². The van der Waals surface area contributed by atoms with Crippen LogP contribution in [-0.2, 0) is 10.2 Å². The summed E-state index contributed by atoms with van der Waals surface area (Å²) >= 11 is 0. The van der Waals surface area contributed by atoms with E-state index in [0.717, 1.165) is 0 Å². The second-order valence-electron chi connectivity index (χ2n) is 2.94. The topological polar surface area (TPSA) is 50.4 Å². The van der Waals surface area contributed by atoms with Crippen molar-refractivity contribution in [2.75, 3.05) is 0 Å². The standard InChI is InChI=1S/C8H10O3/c1-8(2,7(9)10)6-3-4-11-5-6/h3-5H,1-2H3,(H,9,10). The van der Waals surface area contributed by atoms with Gasteiger partial charge in [-0.15, -0.1) is 0 Å². The van der Waals surface area contributed by atoms with Crippen LogP contribution in [0, 0.1) is 0 Å². The average molecular weight is 154 g/mol. The third kappa shape index (κ3) is 1.27. The molecule has 0 amide bonds. The highest BCUT2D eigenvalue weighted by atomic mass is 16.4. The van der Waals surface area contributed by atoms with Gasteiger partial charge < -0.3 is 9.52 Å². The maximum Gasteiger partial charge on any atom is 0.313 e. The van der Waals surface area contributed by atoms with Gasteiger partial charge in [-0.1, -0.05) is 0 Å². The largest absolute Gasteiger partial charge is 0.481 e. The van der Waals surface area contributed by atoms with Crippen LogP contribution in [0.15, 0.2) is 23.0 Å². The maximum absolute atomic E-state index is 10.7. The molecule has 1 rings (SSSR count). The molecule has 11 heavy (non-hydrogen) atoms. The molecule has 0 bridgehead atoms. The molecule has 0 atom stereocenters. The van der Waals surface area contributed by atoms with Crippen LogP contribution in [-0.4, -0.2) is 11.1 Å². The van der Waals surface area contributed by atoms with Gasteiger partial charge in [0, 0.05) is 5.56 Å². The lowest BCUT2D eigenvalue weighted by Gasteiger charge is -2.15. The number of carboxylic acids is 1. The van der Waals surface area contributed by atoms with Crippen molar-refractivity contribution in [1.29, 1.82) is 0 Å². The molecule has 0 aromatic carbocycles. The Morgan fingerprint density at radius 3 is 2.64 bits per heavy atom. The molecule has 1 aromatic rings. The summed E-state index contributed by atoms with van der Waals surface area (Å²) in [5, 5.41) is 8.77. The predicted molar refractivity (Wildman–Crippen MR) is 39.4 cm³/mol. The van der Waals surface area contributed by atoms with Crippen LogP contribution in [0.1, 0.15) is 19.4 Å². The summed E-state index contributed by atoms with van der Waals surface area (Å²) in [6, 6.07) is 1.66. The molecule has 60 valence electrons. The first-order valence-corrected chi connectivity index (χ1v) is 3.31. The summed E-state index contributed by atoms with van der Waals surface area (Å²) in [6.45, 7) is 3.28. The highest BCUT2D eigenvalue weighted by Crippen LogP contribution is 2.23. The lowest BCUT2D eigenvalue weighted by atomic mass is 9.87. The van der Waals surface area contributed by atoms with Crippen LogP contribution in [0.5, 0.6) is 0 Å². The molecule has 3 nitrogen and oxygen atoms in total. The number of rotatable bonds is 2. The average Bonchev–Trinajstić information content (AvgIpc) is 2.37. The summed E-state index contributed by atoms with van der Waals surface area (Å²) in [5.41, 5.74) is -0.169. The van der Waals surface area contributed by atoms with Gasteiger partial charge in [-0.3, -0.25) is 4.79 Å². The summed E-state index contributed by atoms with van der Waals surface area (Å²) in [4.78, 5) is 10.7. The number of aliphatic carboxylic acids is 1. The number of carboxylic acid groups (broad SMARTS) is 1. The van der Waals surface area contributed by atoms with Crippen molar-refractivity contribution in [1.82, 2.24) is 0 Å². The van der Waals surface area contributed by atoms with E-state index in [2.05, 4.69) is 0 Å². The van der Waals surface area contributed by atoms with Gasteiger partial charge in [-0.2, -0.15) is 0 Å². The second kappa shape index (κ2) is 2.42. The molecular weight excluding hydrogens is 144 g/mol. The van der Waals surface area contributed by atoms with Crippen LogP contribution < -0.4 is 0 Å². The molecule has 1 aromatic heterocycles. The Balaban J connectivity index is 3.00. The van der Waals surface area contributed by atoms with E-state index in [4.69, 9.17) is 9.52 Å². The van der Waals surface area contributed by atoms with Crippen molar-refractivity contribution >= 4 is 5.97 Å². The van der Waals surface area contributed by atoms with Crippen molar-refractivity contribution in [3.05, 3.63) is 24.2 Å². The normalized spacial score (nSPS) is 11.5. The highest BCUT2D eigenvalue weighted by Gasteiger charge is 2.30. The Bertz CT molecular complexity index is 246. The van der Waals surface area contributed by atoms with Crippen molar-refractivity contribution in [2.45, 2.75) is 19.3 Å². The van der Waals surface area contributed by atoms with Gasteiger partial charge in [0.1, 0.15) is 0 Å². The van der Waals surface area contributed by atoms with E-state index >= 15 is 0 Å². The molecular formula is C8H10O3. The minimum Gasteiger partial charge on any atom is -0.481 e. The number of carbonyl (C=O) groups is 1. The van der Waals surface area contributed by atoms with Crippen LogP contribution in [0.2, 0.25) is 0 Å². The zero-order valence-electron chi connectivity index (χ0n) is 6.50. The Hall–Kier alpha value is -1.25. The molecule has 0 unspecified atom stereocenters. The van der Waals surface area contributed by atoms with Crippen molar-refractivity contribution in [3.8, 4) is 0 Å². The quantitative estimate of drug-likeness (QED) is 0.704. The lowest BCUT2D eigenvalue weighted by molar-refractivity contribution is -0.142. The van der Waals surface area contributed by atoms with E-state index < -0.39 is 11.4 Å². The van der Waals surface area contributed by atoms with Crippen LogP contribution in [0.25, 0.3) is 0 Å². The second-order valence-corrected chi connectivity index (χ2v) is 2.94. The minimum atomic E-state index is -0.854. The smallest absolute Gasteiger partial charge is 0.313 e. The van der Waals surface area contributed by atoms with Gasteiger partial charge in [-0.25, -0.2) is 0 Å². The summed E-state index contributed by atoms with van der Waals surface area (Å²) in [6.07, 6.45) is 2.92. The molecule has 1 heterocycles. The molecule has 0 radical (unpaired) electrons. The Morgan fingerprint density at radius 2 is 2.27 bits per heavy atom. The minimum absolute atomic E-state index is 0.685. The van der Waals surface area contributed by atoms with Crippen molar-refractivity contribution < 1.29 is 14.3 Å². The number of hydrogen-bond acceptors (Lipinski definition) is 2. The van der Waals surface area contributed by atoms with E-state index in [9.17, 15) is 4.79 Å². The van der Waals surface area contributed by atoms with E-state index in [1.54, 1.807) is 19.9 Å². The van der Waals surface area contributed by atoms with E-state index in [1.807, 2.05) is 0 Å². The van der Waals surface area contributed by atoms with Crippen LogP contribution >= 0.6 is 0 Å². The first kappa shape index (κ1) is 7.85. The fraction of sp³-hybridized carbons (Fsp3) is 0.375. The van der Waals surface area contributed by atoms with Crippen molar-refractivity contribution in [2.24, 2.45) is 0 Å². The van der Waals surface area contributed by atoms with Gasteiger partial charge >= 0.3 is 5.97 Å². The molecule has 0 fully saturated rings. The summed E-state index contributed by atoms with van der Waals surface area (Å²) in [7, 11) is 0. The maximum atomic E-state index is 10.7. The highest BCUT2D eigenvalue weighted by molar-refractivity contribution is 5.79. The molecule has 0 saturated heterocycles. The fourth-order valence-corrected chi connectivity index (χ4v) is 0.744. The van der Waals surface area contributed by atoms with Gasteiger partial charge in [0.15, 0.2) is 0 Å². The first-order valence-electron chi connectivity index (χ1n) is 3.31. The van der Waals surface area contributed by atoms with Gasteiger partial charge in [-0.05, 0) is 19.9 Å². The Morgan fingerprint density at radius 1 is 1.64 bits per heavy atom. The zero-order chi connectivity index (χ0) is 8.48. The first-order chi connectivity index (χ1) is 5.05. The van der Waals surface area contributed by atoms with E-state index in [1.165, 1.54) is 12.5 Å². The van der Waals surface area contributed by atoms with Gasteiger partial charge in [0.2, 0.25) is 0 Å². The summed E-state index contributed by atoms with van der Waals surface area (Å²) < 4.78 is 4.79. The number of furan rings is 1. The van der Waals surface area contributed by atoms with Crippen LogP contribution in [0.4, 0.5) is 0 Å². The van der Waals surface area contributed by atoms with Gasteiger partial charge in [0.05, 0.1) is 17.9 Å². The van der Waals surface area contributed by atoms with Gasteiger partial charge in [0.25, 0.3) is 0 Å². The zero-order valence-corrected chi connectivity index (χ0v) is 6.50. The van der Waals surface area contributed by atoms with E-state index in [0.29, 0.717) is 5.56 Å². The molecule has 0 aliphatic carbocycles. The predicted octanol–water partition coefficient (Wildman–Crippen LogP) is 1.64. The molecule has 0 spiro atoms. The third-order valence-corrected chi connectivity index (χ3v) is 1.78. The van der Waals surface area contributed by atoms with Crippen molar-refractivity contribution in [3.63, 3.8) is 0 Å². The molecule has 3 heteroatoms.